The molecule has 1 aliphatic heterocycles. The third-order valence-corrected chi connectivity index (χ3v) is 4.76. The summed E-state index contributed by atoms with van der Waals surface area (Å²) < 4.78 is 0. The molecule has 1 fully saturated rings. The lowest BCUT2D eigenvalue weighted by atomic mass is 9.96. The maximum atomic E-state index is 3.83. The molecule has 0 spiro atoms. The average Bonchev–Trinajstić information content (AvgIpc) is 2.89. The van der Waals surface area contributed by atoms with Gasteiger partial charge in [0.2, 0.25) is 0 Å². The van der Waals surface area contributed by atoms with Gasteiger partial charge in [-0.15, -0.1) is 0 Å². The normalized spacial score (nSPS) is 19.3. The smallest absolute Gasteiger partial charge is 0.0469 e. The van der Waals surface area contributed by atoms with E-state index in [4.69, 9.17) is 0 Å². The van der Waals surface area contributed by atoms with Crippen molar-refractivity contribution in [3.63, 3.8) is 0 Å². The van der Waals surface area contributed by atoms with E-state index in [-0.39, 0.29) is 5.54 Å². The third-order valence-electron chi connectivity index (χ3n) is 4.76. The van der Waals surface area contributed by atoms with Crippen molar-refractivity contribution in [3.8, 4) is 0 Å². The molecular weight excluding hydrogens is 292 g/mol. The number of anilines is 2. The van der Waals surface area contributed by atoms with E-state index in [1.54, 1.807) is 5.57 Å². The summed E-state index contributed by atoms with van der Waals surface area (Å²) in [5, 5.41) is 3.83. The Hall–Kier alpha value is -2.06. The second-order valence-corrected chi connectivity index (χ2v) is 7.56. The minimum absolute atomic E-state index is 0.163. The molecule has 126 valence electrons. The van der Waals surface area contributed by atoms with Crippen LogP contribution in [0.25, 0.3) is 0 Å². The molecule has 0 aromatic heterocycles. The van der Waals surface area contributed by atoms with Crippen molar-refractivity contribution in [1.29, 1.82) is 0 Å². The van der Waals surface area contributed by atoms with Crippen LogP contribution in [0.15, 0.2) is 71.8 Å². The zero-order valence-electron chi connectivity index (χ0n) is 15.2. The highest BCUT2D eigenvalue weighted by Gasteiger charge is 2.35. The number of nitrogens with one attached hydrogen (secondary N) is 1. The van der Waals surface area contributed by atoms with Gasteiger partial charge in [0.15, 0.2) is 0 Å². The van der Waals surface area contributed by atoms with Crippen LogP contribution in [-0.4, -0.2) is 18.1 Å². The highest BCUT2D eigenvalue weighted by molar-refractivity contribution is 5.63. The van der Waals surface area contributed by atoms with Gasteiger partial charge in [0.1, 0.15) is 0 Å². The van der Waals surface area contributed by atoms with Crippen LogP contribution >= 0.6 is 0 Å². The quantitative estimate of drug-likeness (QED) is 0.769. The van der Waals surface area contributed by atoms with E-state index in [0.717, 1.165) is 13.0 Å². The molecule has 0 saturated carbocycles. The monoisotopic (exact) mass is 320 g/mol. The predicted octanol–water partition coefficient (Wildman–Crippen LogP) is 5.30. The Kier molecular flexibility index (Phi) is 4.77. The largest absolute Gasteiger partial charge is 0.340 e. The van der Waals surface area contributed by atoms with Crippen LogP contribution < -0.4 is 10.2 Å². The van der Waals surface area contributed by atoms with Gasteiger partial charge >= 0.3 is 0 Å². The Bertz CT molecular complexity index is 658. The van der Waals surface area contributed by atoms with Crippen LogP contribution in [0.5, 0.6) is 0 Å². The molecule has 1 unspecified atom stereocenters. The van der Waals surface area contributed by atoms with Gasteiger partial charge in [-0.25, -0.2) is 0 Å². The molecule has 0 radical (unpaired) electrons. The molecule has 0 aliphatic carbocycles. The first-order valence-electron chi connectivity index (χ1n) is 8.78. The zero-order chi connectivity index (χ0) is 17.2. The topological polar surface area (TPSA) is 15.3 Å². The predicted molar refractivity (Wildman–Crippen MR) is 104 cm³/mol. The summed E-state index contributed by atoms with van der Waals surface area (Å²) in [6.45, 7) is 10.0. The summed E-state index contributed by atoms with van der Waals surface area (Å²) in [4.78, 5) is 2.42. The molecular formula is C22H28N2. The number of rotatable bonds is 4. The standard InChI is InChI=1S/C22H28N2/c1-17(2)20-15-22(3,4)23-21(20)16-24(18-11-7-5-8-12-18)19-13-9-6-10-14-19/h5-14,21,23H,15-16H2,1-4H3. The number of benzene rings is 2. The van der Waals surface area contributed by atoms with Gasteiger partial charge in [0.05, 0.1) is 0 Å². The van der Waals surface area contributed by atoms with Crippen molar-refractivity contribution in [2.45, 2.75) is 45.7 Å². The van der Waals surface area contributed by atoms with Gasteiger partial charge in [0, 0.05) is 29.5 Å². The minimum atomic E-state index is 0.163. The number of allylic oxidation sites excluding steroid dienone is 1. The van der Waals surface area contributed by atoms with Crippen LogP contribution in [0.4, 0.5) is 11.4 Å². The Labute approximate surface area is 146 Å². The van der Waals surface area contributed by atoms with Crippen LogP contribution in [0, 0.1) is 0 Å². The van der Waals surface area contributed by atoms with E-state index >= 15 is 0 Å². The molecule has 1 atom stereocenters. The summed E-state index contributed by atoms with van der Waals surface area (Å²) in [7, 11) is 0. The Morgan fingerprint density at radius 3 is 1.92 bits per heavy atom. The van der Waals surface area contributed by atoms with E-state index in [2.05, 4.69) is 98.6 Å². The number of hydrogen-bond donors (Lipinski definition) is 1. The first-order valence-corrected chi connectivity index (χ1v) is 8.78. The van der Waals surface area contributed by atoms with Crippen molar-refractivity contribution in [2.24, 2.45) is 0 Å². The van der Waals surface area contributed by atoms with E-state index in [0.29, 0.717) is 6.04 Å². The van der Waals surface area contributed by atoms with Crippen molar-refractivity contribution in [3.05, 3.63) is 71.8 Å². The minimum Gasteiger partial charge on any atom is -0.340 e. The lowest BCUT2D eigenvalue weighted by molar-refractivity contribution is 0.430. The zero-order valence-corrected chi connectivity index (χ0v) is 15.2. The molecule has 24 heavy (non-hydrogen) atoms. The fraction of sp³-hybridized carbons (Fsp3) is 0.364. The summed E-state index contributed by atoms with van der Waals surface area (Å²) in [5.41, 5.74) is 5.64. The fourth-order valence-electron chi connectivity index (χ4n) is 3.65. The maximum absolute atomic E-state index is 3.83. The molecule has 2 nitrogen and oxygen atoms in total. The lowest BCUT2D eigenvalue weighted by Gasteiger charge is -2.30. The number of nitrogens with zero attached hydrogens (tertiary/aromatic N) is 1. The highest BCUT2D eigenvalue weighted by atomic mass is 15.2. The van der Waals surface area contributed by atoms with Crippen molar-refractivity contribution in [1.82, 2.24) is 5.32 Å². The SMILES string of the molecule is CC(C)=C1CC(C)(C)NC1CN(c1ccccc1)c1ccccc1. The van der Waals surface area contributed by atoms with Crippen molar-refractivity contribution < 1.29 is 0 Å². The van der Waals surface area contributed by atoms with Gasteiger partial charge < -0.3 is 10.2 Å². The Balaban J connectivity index is 1.94. The molecule has 1 N–H and O–H groups in total. The van der Waals surface area contributed by atoms with Gasteiger partial charge in [0.25, 0.3) is 0 Å². The first-order chi connectivity index (χ1) is 11.5. The first kappa shape index (κ1) is 16.8. The molecule has 2 heteroatoms. The second kappa shape index (κ2) is 6.82. The van der Waals surface area contributed by atoms with E-state index in [1.807, 2.05) is 0 Å². The van der Waals surface area contributed by atoms with Crippen LogP contribution in [0.1, 0.15) is 34.1 Å². The third kappa shape index (κ3) is 3.70. The molecule has 3 rings (SSSR count). The van der Waals surface area contributed by atoms with E-state index in [9.17, 15) is 0 Å². The fourth-order valence-corrected chi connectivity index (χ4v) is 3.65. The van der Waals surface area contributed by atoms with Crippen molar-refractivity contribution >= 4 is 11.4 Å². The second-order valence-electron chi connectivity index (χ2n) is 7.56. The van der Waals surface area contributed by atoms with Gasteiger partial charge in [-0.05, 0) is 58.4 Å². The van der Waals surface area contributed by atoms with Crippen LogP contribution in [0.2, 0.25) is 0 Å². The number of para-hydroxylation sites is 2. The molecule has 0 bridgehead atoms. The highest BCUT2D eigenvalue weighted by Crippen LogP contribution is 2.33. The van der Waals surface area contributed by atoms with Gasteiger partial charge in [-0.2, -0.15) is 0 Å². The molecule has 1 heterocycles. The van der Waals surface area contributed by atoms with Gasteiger partial charge in [-0.1, -0.05) is 47.5 Å². The molecule has 2 aromatic carbocycles. The van der Waals surface area contributed by atoms with Gasteiger partial charge in [-0.3, -0.25) is 0 Å². The summed E-state index contributed by atoms with van der Waals surface area (Å²) in [6.07, 6.45) is 1.12. The molecule has 0 amide bonds. The van der Waals surface area contributed by atoms with Crippen LogP contribution in [-0.2, 0) is 0 Å². The maximum Gasteiger partial charge on any atom is 0.0469 e. The molecule has 1 saturated heterocycles. The van der Waals surface area contributed by atoms with Crippen LogP contribution in [0.3, 0.4) is 0 Å². The van der Waals surface area contributed by atoms with E-state index in [1.165, 1.54) is 16.9 Å². The summed E-state index contributed by atoms with van der Waals surface area (Å²) in [5.74, 6) is 0. The summed E-state index contributed by atoms with van der Waals surface area (Å²) >= 11 is 0. The van der Waals surface area contributed by atoms with Crippen molar-refractivity contribution in [2.75, 3.05) is 11.4 Å². The Morgan fingerprint density at radius 2 is 1.46 bits per heavy atom. The molecule has 1 aliphatic rings. The number of hydrogen-bond acceptors (Lipinski definition) is 2. The average molecular weight is 320 g/mol. The molecule has 2 aromatic rings. The van der Waals surface area contributed by atoms with E-state index < -0.39 is 0 Å². The Morgan fingerprint density at radius 1 is 0.958 bits per heavy atom. The summed E-state index contributed by atoms with van der Waals surface area (Å²) in [6, 6.07) is 21.7. The lowest BCUT2D eigenvalue weighted by Crippen LogP contribution is -2.43.